The summed E-state index contributed by atoms with van der Waals surface area (Å²) in [7, 11) is 1.85. The molecule has 24 heavy (non-hydrogen) atoms. The van der Waals surface area contributed by atoms with Crippen LogP contribution in [0.1, 0.15) is 12.8 Å². The van der Waals surface area contributed by atoms with Crippen molar-refractivity contribution >= 4 is 39.2 Å². The second-order valence-electron chi connectivity index (χ2n) is 5.72. The highest BCUT2D eigenvalue weighted by molar-refractivity contribution is 7.13. The Hall–Kier alpha value is -2.62. The van der Waals surface area contributed by atoms with Gasteiger partial charge in [0, 0.05) is 20.1 Å². The number of fused-ring (bicyclic) bond motifs is 1. The van der Waals surface area contributed by atoms with Crippen molar-refractivity contribution in [2.75, 3.05) is 23.3 Å². The van der Waals surface area contributed by atoms with Crippen molar-refractivity contribution in [2.24, 2.45) is 13.0 Å². The monoisotopic (exact) mass is 344 g/mol. The van der Waals surface area contributed by atoms with E-state index in [2.05, 4.69) is 35.5 Å². The van der Waals surface area contributed by atoms with Crippen LogP contribution in [0.25, 0.3) is 11.0 Å². The summed E-state index contributed by atoms with van der Waals surface area (Å²) in [6.07, 6.45) is 5.10. The maximum absolute atomic E-state index is 12.5. The fourth-order valence-corrected chi connectivity index (χ4v) is 3.47. The minimum absolute atomic E-state index is 0.0204. The van der Waals surface area contributed by atoms with Gasteiger partial charge in [-0.3, -0.25) is 9.48 Å². The standard InChI is InChI=1S/C14H16N8OS/c1-21-11-10(5-18-21)12(16-7-15-11)22-4-2-3-9(6-22)13(23)19-14-20-17-8-24-14/h5,7-9H,2-4,6H2,1H3,(H,19,20,23)/t9-/m0/s1. The van der Waals surface area contributed by atoms with E-state index in [1.54, 1.807) is 22.7 Å². The first-order valence-electron chi connectivity index (χ1n) is 7.67. The number of piperidine rings is 1. The van der Waals surface area contributed by atoms with Crippen LogP contribution >= 0.6 is 11.3 Å². The average molecular weight is 344 g/mol. The third-order valence-corrected chi connectivity index (χ3v) is 4.80. The first-order valence-corrected chi connectivity index (χ1v) is 8.55. The zero-order valence-electron chi connectivity index (χ0n) is 13.1. The first-order chi connectivity index (χ1) is 11.7. The summed E-state index contributed by atoms with van der Waals surface area (Å²) in [6, 6.07) is 0. The number of nitrogens with zero attached hydrogens (tertiary/aromatic N) is 7. The highest BCUT2D eigenvalue weighted by atomic mass is 32.1. The second kappa shape index (κ2) is 6.11. The molecule has 3 aromatic rings. The van der Waals surface area contributed by atoms with Crippen LogP contribution in [0.3, 0.4) is 0 Å². The molecule has 1 fully saturated rings. The Morgan fingerprint density at radius 2 is 2.33 bits per heavy atom. The molecular formula is C14H16N8OS. The van der Waals surface area contributed by atoms with Gasteiger partial charge in [-0.15, -0.1) is 10.2 Å². The number of carbonyl (C=O) groups is 1. The molecule has 1 amide bonds. The predicted octanol–water partition coefficient (Wildman–Crippen LogP) is 1.07. The Morgan fingerprint density at radius 1 is 1.42 bits per heavy atom. The van der Waals surface area contributed by atoms with Crippen molar-refractivity contribution < 1.29 is 4.79 Å². The lowest BCUT2D eigenvalue weighted by atomic mass is 9.97. The Balaban J connectivity index is 1.55. The molecule has 1 saturated heterocycles. The third-order valence-electron chi connectivity index (χ3n) is 4.19. The van der Waals surface area contributed by atoms with Gasteiger partial charge in [0.15, 0.2) is 5.65 Å². The van der Waals surface area contributed by atoms with Gasteiger partial charge in [0.05, 0.1) is 17.5 Å². The Bertz CT molecular complexity index is 861. The molecule has 9 nitrogen and oxygen atoms in total. The molecule has 1 aliphatic heterocycles. The summed E-state index contributed by atoms with van der Waals surface area (Å²) in [4.78, 5) is 23.3. The van der Waals surface area contributed by atoms with E-state index >= 15 is 0 Å². The van der Waals surface area contributed by atoms with E-state index in [0.29, 0.717) is 11.7 Å². The van der Waals surface area contributed by atoms with Gasteiger partial charge >= 0.3 is 0 Å². The number of hydrogen-bond acceptors (Lipinski definition) is 8. The van der Waals surface area contributed by atoms with E-state index in [4.69, 9.17) is 0 Å². The number of hydrogen-bond donors (Lipinski definition) is 1. The van der Waals surface area contributed by atoms with E-state index in [9.17, 15) is 4.79 Å². The number of amides is 1. The molecule has 1 atom stereocenters. The highest BCUT2D eigenvalue weighted by Gasteiger charge is 2.28. The van der Waals surface area contributed by atoms with Gasteiger partial charge in [-0.25, -0.2) is 9.97 Å². The molecule has 0 spiro atoms. The molecule has 0 aromatic carbocycles. The predicted molar refractivity (Wildman–Crippen MR) is 89.8 cm³/mol. The van der Waals surface area contributed by atoms with Crippen LogP contribution < -0.4 is 10.2 Å². The van der Waals surface area contributed by atoms with Crippen molar-refractivity contribution in [3.8, 4) is 0 Å². The van der Waals surface area contributed by atoms with Crippen molar-refractivity contribution in [1.82, 2.24) is 29.9 Å². The molecule has 0 radical (unpaired) electrons. The Labute approximate surface area is 141 Å². The molecule has 1 N–H and O–H groups in total. The molecule has 1 aliphatic rings. The van der Waals surface area contributed by atoms with Crippen molar-refractivity contribution in [3.63, 3.8) is 0 Å². The van der Waals surface area contributed by atoms with Gasteiger partial charge in [-0.2, -0.15) is 5.10 Å². The van der Waals surface area contributed by atoms with Gasteiger partial charge < -0.3 is 10.2 Å². The first kappa shape index (κ1) is 14.9. The van der Waals surface area contributed by atoms with Crippen molar-refractivity contribution in [2.45, 2.75) is 12.8 Å². The molecule has 0 saturated carbocycles. The lowest BCUT2D eigenvalue weighted by molar-refractivity contribution is -0.120. The lowest BCUT2D eigenvalue weighted by Gasteiger charge is -2.32. The molecule has 0 aliphatic carbocycles. The molecule has 4 rings (SSSR count). The number of anilines is 2. The van der Waals surface area contributed by atoms with Gasteiger partial charge in [0.1, 0.15) is 17.7 Å². The topological polar surface area (TPSA) is 102 Å². The van der Waals surface area contributed by atoms with E-state index in [1.807, 2.05) is 7.05 Å². The van der Waals surface area contributed by atoms with Crippen LogP contribution in [0.15, 0.2) is 18.0 Å². The fraction of sp³-hybridized carbons (Fsp3) is 0.429. The van der Waals surface area contributed by atoms with Crippen molar-refractivity contribution in [3.05, 3.63) is 18.0 Å². The SMILES string of the molecule is Cn1ncc2c(N3CCC[C@H](C(=O)Nc4nncs4)C3)ncnc21. The fourth-order valence-electron chi connectivity index (χ4n) is 3.02. The second-order valence-corrected chi connectivity index (χ2v) is 6.55. The average Bonchev–Trinajstić information content (AvgIpc) is 3.25. The number of nitrogens with one attached hydrogen (secondary N) is 1. The van der Waals surface area contributed by atoms with Gasteiger partial charge in [0.25, 0.3) is 0 Å². The van der Waals surface area contributed by atoms with E-state index in [-0.39, 0.29) is 11.8 Å². The highest BCUT2D eigenvalue weighted by Crippen LogP contribution is 2.27. The maximum atomic E-state index is 12.5. The summed E-state index contributed by atoms with van der Waals surface area (Å²) in [6.45, 7) is 1.48. The number of rotatable bonds is 3. The van der Waals surface area contributed by atoms with Gasteiger partial charge in [-0.05, 0) is 12.8 Å². The molecule has 10 heteroatoms. The number of carbonyl (C=O) groups excluding carboxylic acids is 1. The maximum Gasteiger partial charge on any atom is 0.231 e. The quantitative estimate of drug-likeness (QED) is 0.758. The van der Waals surface area contributed by atoms with Crippen LogP contribution in [-0.2, 0) is 11.8 Å². The summed E-state index contributed by atoms with van der Waals surface area (Å²) < 4.78 is 1.73. The Morgan fingerprint density at radius 3 is 3.17 bits per heavy atom. The molecule has 124 valence electrons. The number of aromatic nitrogens is 6. The summed E-state index contributed by atoms with van der Waals surface area (Å²) in [5.41, 5.74) is 2.39. The lowest BCUT2D eigenvalue weighted by Crippen LogP contribution is -2.41. The minimum atomic E-state index is -0.107. The van der Waals surface area contributed by atoms with Crippen LogP contribution in [0.4, 0.5) is 10.9 Å². The molecule has 0 bridgehead atoms. The minimum Gasteiger partial charge on any atom is -0.355 e. The van der Waals surface area contributed by atoms with Crippen LogP contribution in [0, 0.1) is 5.92 Å². The van der Waals surface area contributed by atoms with E-state index in [0.717, 1.165) is 36.2 Å². The van der Waals surface area contributed by atoms with Gasteiger partial charge in [0.2, 0.25) is 11.0 Å². The summed E-state index contributed by atoms with van der Waals surface area (Å²) >= 11 is 1.32. The smallest absolute Gasteiger partial charge is 0.231 e. The zero-order valence-corrected chi connectivity index (χ0v) is 13.9. The normalized spacial score (nSPS) is 18.0. The number of aryl methyl sites for hydroxylation is 1. The summed E-state index contributed by atoms with van der Waals surface area (Å²) in [5.74, 6) is 0.707. The van der Waals surface area contributed by atoms with Crippen molar-refractivity contribution in [1.29, 1.82) is 0 Å². The van der Waals surface area contributed by atoms with E-state index in [1.165, 1.54) is 11.3 Å². The largest absolute Gasteiger partial charge is 0.355 e. The molecule has 3 aromatic heterocycles. The molecule has 4 heterocycles. The van der Waals surface area contributed by atoms with E-state index < -0.39 is 0 Å². The molecular weight excluding hydrogens is 328 g/mol. The zero-order chi connectivity index (χ0) is 16.5. The molecule has 0 unspecified atom stereocenters. The van der Waals surface area contributed by atoms with Crippen LogP contribution in [-0.4, -0.2) is 48.9 Å². The summed E-state index contributed by atoms with van der Waals surface area (Å²) in [5, 5.41) is 16.1. The van der Waals surface area contributed by atoms with Gasteiger partial charge in [-0.1, -0.05) is 11.3 Å². The van der Waals surface area contributed by atoms with Crippen LogP contribution in [0.5, 0.6) is 0 Å². The van der Waals surface area contributed by atoms with Crippen LogP contribution in [0.2, 0.25) is 0 Å². The third kappa shape index (κ3) is 2.68. The Kier molecular flexibility index (Phi) is 3.81.